The molecule has 0 rings (SSSR count). The van der Waals surface area contributed by atoms with Crippen molar-refractivity contribution in [3.05, 3.63) is 0 Å². The van der Waals surface area contributed by atoms with E-state index in [1.807, 2.05) is 0 Å². The fraction of sp³-hybridized carbons (Fsp3) is 0.750. The molecule has 0 amide bonds. The Morgan fingerprint density at radius 1 is 1.33 bits per heavy atom. The van der Waals surface area contributed by atoms with Gasteiger partial charge in [-0.2, -0.15) is 0 Å². The first-order valence-electron chi connectivity index (χ1n) is 3.85. The minimum atomic E-state index is -0.0785. The molecule has 0 bridgehead atoms. The highest BCUT2D eigenvalue weighted by Gasteiger charge is 1.85. The molecule has 0 nitrogen and oxygen atoms in total. The summed E-state index contributed by atoms with van der Waals surface area (Å²) in [5.41, 5.74) is 2.78. The van der Waals surface area contributed by atoms with Crippen molar-refractivity contribution in [2.45, 2.75) is 38.7 Å². The molecule has 0 saturated carbocycles. The van der Waals surface area contributed by atoms with Crippen molar-refractivity contribution < 1.29 is 0 Å². The van der Waals surface area contributed by atoms with E-state index in [-0.39, 0.29) is 9.52 Å². The standard InChI is InChI=1S/C8H16Si/c1-3-5-6-7-8-9-4-2/h2H,3,5-9H2,1H3. The molecule has 1 heteroatoms. The molecular formula is C8H16Si. The average molecular weight is 140 g/mol. The first-order chi connectivity index (χ1) is 4.41. The van der Waals surface area contributed by atoms with Crippen LogP contribution in [-0.4, -0.2) is 9.52 Å². The van der Waals surface area contributed by atoms with E-state index in [0.29, 0.717) is 0 Å². The van der Waals surface area contributed by atoms with E-state index in [1.54, 1.807) is 0 Å². The largest absolute Gasteiger partial charge is 0.143 e. The molecule has 0 radical (unpaired) electrons. The van der Waals surface area contributed by atoms with Gasteiger partial charge in [-0.05, 0) is 0 Å². The Hall–Kier alpha value is -0.223. The third-order valence-corrected chi connectivity index (χ3v) is 2.57. The Morgan fingerprint density at radius 3 is 2.67 bits per heavy atom. The molecule has 0 spiro atoms. The molecular weight excluding hydrogens is 124 g/mol. The van der Waals surface area contributed by atoms with E-state index in [9.17, 15) is 0 Å². The van der Waals surface area contributed by atoms with E-state index >= 15 is 0 Å². The fourth-order valence-electron chi connectivity index (χ4n) is 0.831. The number of hydrogen-bond donors (Lipinski definition) is 0. The second-order valence-electron chi connectivity index (χ2n) is 2.37. The van der Waals surface area contributed by atoms with Gasteiger partial charge in [0.15, 0.2) is 0 Å². The summed E-state index contributed by atoms with van der Waals surface area (Å²) in [6.07, 6.45) is 10.6. The summed E-state index contributed by atoms with van der Waals surface area (Å²) in [6.45, 7) is 2.23. The zero-order valence-corrected chi connectivity index (χ0v) is 7.73. The van der Waals surface area contributed by atoms with E-state index in [1.165, 1.54) is 31.7 Å². The van der Waals surface area contributed by atoms with E-state index in [0.717, 1.165) is 0 Å². The number of hydrogen-bond acceptors (Lipinski definition) is 0. The normalized spacial score (nSPS) is 10.2. The van der Waals surface area contributed by atoms with Gasteiger partial charge in [-0.25, -0.2) is 0 Å². The quantitative estimate of drug-likeness (QED) is 0.310. The first kappa shape index (κ1) is 8.78. The predicted molar refractivity (Wildman–Crippen MR) is 46.3 cm³/mol. The van der Waals surface area contributed by atoms with Crippen molar-refractivity contribution in [3.63, 3.8) is 0 Å². The molecule has 52 valence electrons. The van der Waals surface area contributed by atoms with Crippen LogP contribution in [0.3, 0.4) is 0 Å². The summed E-state index contributed by atoms with van der Waals surface area (Å²) < 4.78 is 0. The molecule has 0 unspecified atom stereocenters. The van der Waals surface area contributed by atoms with Crippen LogP contribution in [0.4, 0.5) is 0 Å². The third-order valence-electron chi connectivity index (χ3n) is 1.42. The molecule has 0 N–H and O–H groups in total. The van der Waals surface area contributed by atoms with Gasteiger partial charge in [-0.3, -0.25) is 0 Å². The van der Waals surface area contributed by atoms with Gasteiger partial charge in [-0.15, -0.1) is 12.0 Å². The van der Waals surface area contributed by atoms with Gasteiger partial charge in [0.2, 0.25) is 0 Å². The maximum absolute atomic E-state index is 5.15. The second-order valence-corrected chi connectivity index (χ2v) is 3.98. The Morgan fingerprint density at radius 2 is 2.11 bits per heavy atom. The van der Waals surface area contributed by atoms with Crippen LogP contribution in [0.5, 0.6) is 0 Å². The highest BCUT2D eigenvalue weighted by atomic mass is 28.2. The number of unbranched alkanes of at least 4 members (excludes halogenated alkanes) is 3. The van der Waals surface area contributed by atoms with E-state index in [4.69, 9.17) is 6.42 Å². The zero-order chi connectivity index (χ0) is 6.95. The van der Waals surface area contributed by atoms with Crippen LogP contribution < -0.4 is 0 Å². The van der Waals surface area contributed by atoms with Crippen LogP contribution in [0.2, 0.25) is 6.04 Å². The molecule has 0 aliphatic rings. The summed E-state index contributed by atoms with van der Waals surface area (Å²) in [5.74, 6) is 0. The molecule has 0 atom stereocenters. The third kappa shape index (κ3) is 7.78. The predicted octanol–water partition coefficient (Wildman–Crippen LogP) is 1.74. The summed E-state index contributed by atoms with van der Waals surface area (Å²) in [4.78, 5) is 0. The van der Waals surface area contributed by atoms with Gasteiger partial charge in [0.25, 0.3) is 0 Å². The highest BCUT2D eigenvalue weighted by molar-refractivity contribution is 6.45. The van der Waals surface area contributed by atoms with Crippen LogP contribution in [0.15, 0.2) is 0 Å². The second kappa shape index (κ2) is 7.78. The van der Waals surface area contributed by atoms with Gasteiger partial charge in [-0.1, -0.05) is 38.7 Å². The van der Waals surface area contributed by atoms with Crippen molar-refractivity contribution in [3.8, 4) is 12.0 Å². The molecule has 9 heavy (non-hydrogen) atoms. The van der Waals surface area contributed by atoms with Crippen LogP contribution in [0.1, 0.15) is 32.6 Å². The smallest absolute Gasteiger partial charge is 0.106 e. The maximum Gasteiger partial charge on any atom is 0.106 e. The fourth-order valence-corrected chi connectivity index (χ4v) is 1.64. The molecule has 0 aromatic heterocycles. The molecule has 0 aliphatic carbocycles. The SMILES string of the molecule is C#C[SiH2]CCCCCC. The summed E-state index contributed by atoms with van der Waals surface area (Å²) >= 11 is 0. The number of terminal acetylenes is 1. The van der Waals surface area contributed by atoms with Crippen molar-refractivity contribution in [2.75, 3.05) is 0 Å². The first-order valence-corrected chi connectivity index (χ1v) is 5.56. The lowest BCUT2D eigenvalue weighted by Crippen LogP contribution is -1.83. The lowest BCUT2D eigenvalue weighted by molar-refractivity contribution is 0.701. The lowest BCUT2D eigenvalue weighted by Gasteiger charge is -1.93. The Balaban J connectivity index is 2.69. The van der Waals surface area contributed by atoms with E-state index < -0.39 is 0 Å². The molecule has 0 fully saturated rings. The molecule has 0 aromatic rings. The van der Waals surface area contributed by atoms with Gasteiger partial charge >= 0.3 is 0 Å². The molecule has 0 aromatic carbocycles. The summed E-state index contributed by atoms with van der Waals surface area (Å²) in [6, 6.07) is 1.36. The lowest BCUT2D eigenvalue weighted by atomic mass is 10.2. The topological polar surface area (TPSA) is 0 Å². The number of rotatable bonds is 5. The maximum atomic E-state index is 5.15. The Labute approximate surface area is 60.9 Å². The van der Waals surface area contributed by atoms with E-state index in [2.05, 4.69) is 12.5 Å². The average Bonchev–Trinajstić information content (AvgIpc) is 1.89. The van der Waals surface area contributed by atoms with Crippen molar-refractivity contribution in [1.29, 1.82) is 0 Å². The molecule has 0 heterocycles. The van der Waals surface area contributed by atoms with Crippen molar-refractivity contribution in [1.82, 2.24) is 0 Å². The Kier molecular flexibility index (Phi) is 7.58. The van der Waals surface area contributed by atoms with Crippen LogP contribution in [0, 0.1) is 12.0 Å². The minimum Gasteiger partial charge on any atom is -0.143 e. The molecule has 0 aliphatic heterocycles. The van der Waals surface area contributed by atoms with Gasteiger partial charge in [0.05, 0.1) is 0 Å². The zero-order valence-electron chi connectivity index (χ0n) is 6.32. The molecule has 0 saturated heterocycles. The van der Waals surface area contributed by atoms with Gasteiger partial charge in [0, 0.05) is 0 Å². The van der Waals surface area contributed by atoms with Gasteiger partial charge < -0.3 is 0 Å². The summed E-state index contributed by atoms with van der Waals surface area (Å²) in [7, 11) is -0.0785. The Bertz CT molecular complexity index is 81.1. The van der Waals surface area contributed by atoms with Crippen molar-refractivity contribution >= 4 is 9.52 Å². The van der Waals surface area contributed by atoms with Crippen LogP contribution >= 0.6 is 0 Å². The highest BCUT2D eigenvalue weighted by Crippen LogP contribution is 2.01. The van der Waals surface area contributed by atoms with Crippen LogP contribution in [-0.2, 0) is 0 Å². The monoisotopic (exact) mass is 140 g/mol. The van der Waals surface area contributed by atoms with Gasteiger partial charge in [0.1, 0.15) is 9.52 Å². The minimum absolute atomic E-state index is 0.0785. The van der Waals surface area contributed by atoms with Crippen molar-refractivity contribution in [2.24, 2.45) is 0 Å². The summed E-state index contributed by atoms with van der Waals surface area (Å²) in [5, 5.41) is 0. The van der Waals surface area contributed by atoms with Crippen LogP contribution in [0.25, 0.3) is 0 Å².